The zero-order chi connectivity index (χ0) is 36.2. The molecule has 0 unspecified atom stereocenters. The van der Waals surface area contributed by atoms with E-state index in [9.17, 15) is 39.3 Å². The zero-order valence-corrected chi connectivity index (χ0v) is 27.9. The van der Waals surface area contributed by atoms with Crippen LogP contribution in [-0.4, -0.2) is 129 Å². The molecule has 1 aromatic carbocycles. The largest absolute Gasteiger partial charge is 0.484 e. The van der Waals surface area contributed by atoms with Gasteiger partial charge in [0.2, 0.25) is 17.7 Å². The van der Waals surface area contributed by atoms with Crippen molar-refractivity contribution in [2.24, 2.45) is 0 Å². The molecule has 0 bridgehead atoms. The van der Waals surface area contributed by atoms with E-state index >= 15 is 0 Å². The number of aliphatic carboxylic acids is 1. The molecule has 5 atom stereocenters. The van der Waals surface area contributed by atoms with Gasteiger partial charge in [-0.3, -0.25) is 28.7 Å². The number of carbonyl (C=O) groups is 5. The van der Waals surface area contributed by atoms with Crippen LogP contribution < -0.4 is 26.0 Å². The summed E-state index contributed by atoms with van der Waals surface area (Å²) in [5, 5.41) is 56.0. The summed E-state index contributed by atoms with van der Waals surface area (Å²) in [6.45, 7) is -0.180. The molecule has 1 fully saturated rings. The van der Waals surface area contributed by atoms with Gasteiger partial charge in [-0.15, -0.1) is 5.10 Å². The molecule has 2 aromatic rings. The fourth-order valence-corrected chi connectivity index (χ4v) is 5.10. The van der Waals surface area contributed by atoms with Crippen molar-refractivity contribution in [1.29, 1.82) is 0 Å². The van der Waals surface area contributed by atoms with E-state index in [4.69, 9.17) is 42.5 Å². The molecule has 3 rings (SSSR count). The summed E-state index contributed by atoms with van der Waals surface area (Å²) in [4.78, 5) is 58.8. The maximum atomic E-state index is 13.2. The molecule has 49 heavy (non-hydrogen) atoms. The number of carboxylic acids is 1. The molecule has 1 aliphatic heterocycles. The van der Waals surface area contributed by atoms with Gasteiger partial charge in [-0.05, 0) is 25.0 Å². The number of aliphatic hydroxyl groups excluding tert-OH is 3. The summed E-state index contributed by atoms with van der Waals surface area (Å²) in [5.74, 6) is -3.57. The highest BCUT2D eigenvalue weighted by atomic mass is 35.5. The van der Waals surface area contributed by atoms with Gasteiger partial charge >= 0.3 is 5.97 Å². The lowest BCUT2D eigenvalue weighted by Crippen LogP contribution is -2.64. The van der Waals surface area contributed by atoms with E-state index in [1.54, 1.807) is 13.1 Å². The summed E-state index contributed by atoms with van der Waals surface area (Å²) in [7, 11) is 1.28. The molecule has 0 spiro atoms. The average molecular weight is 735 g/mol. The number of carbonyl (C=O) groups excluding carboxylic acids is 4. The van der Waals surface area contributed by atoms with Gasteiger partial charge in [-0.25, -0.2) is 0 Å². The normalized spacial score (nSPS) is 20.3. The monoisotopic (exact) mass is 733 g/mol. The van der Waals surface area contributed by atoms with Crippen molar-refractivity contribution in [3.63, 3.8) is 0 Å². The lowest BCUT2D eigenvalue weighted by atomic mass is 9.96. The van der Waals surface area contributed by atoms with Gasteiger partial charge in [0.15, 0.2) is 12.0 Å². The number of aliphatic hydroxyl groups is 3. The number of aryl methyl sites for hydroxylation is 1. The molecular weight excluding hydrogens is 697 g/mol. The minimum Gasteiger partial charge on any atom is -0.484 e. The number of carboxylic acid groups (broad SMARTS) is 1. The molecule has 1 saturated heterocycles. The van der Waals surface area contributed by atoms with Crippen molar-refractivity contribution in [2.45, 2.75) is 63.6 Å². The van der Waals surface area contributed by atoms with Crippen molar-refractivity contribution < 1.29 is 58.6 Å². The van der Waals surface area contributed by atoms with Crippen LogP contribution in [0.15, 0.2) is 12.3 Å². The standard InChI is InChI=1S/C28H37Cl2N7O12/c1-13-15(27(46)34-23-25(45)24(44)17(11-38)49-28(23)47-2)6-16(29)26(22(13)30)48-12-14-10-37(36-35-14)5-3-4-18(39)31-7-19(40)32-8-20(41)33-9-21(42)43/h6,10,17,23-25,28,38,44-45H,3-5,7-9,11-12H2,1-2H3,(H,31,39)(H,32,40)(H,33,41)(H,34,46)(H,42,43)/t17-,23-,24-,25-,28+/m1/s1. The average Bonchev–Trinajstić information content (AvgIpc) is 3.53. The number of aromatic nitrogens is 3. The maximum absolute atomic E-state index is 13.2. The molecule has 19 nitrogen and oxygen atoms in total. The number of hydrogen-bond acceptors (Lipinski definition) is 13. The first-order valence-electron chi connectivity index (χ1n) is 14.7. The Morgan fingerprint density at radius 1 is 1.02 bits per heavy atom. The summed E-state index contributed by atoms with van der Waals surface area (Å²) >= 11 is 12.9. The smallest absolute Gasteiger partial charge is 0.322 e. The number of nitrogens with zero attached hydrogens (tertiary/aromatic N) is 3. The summed E-state index contributed by atoms with van der Waals surface area (Å²) < 4.78 is 17.9. The minimum absolute atomic E-state index is 0.00148. The molecule has 1 aromatic heterocycles. The Morgan fingerprint density at radius 2 is 1.67 bits per heavy atom. The molecule has 0 radical (unpaired) electrons. The summed E-state index contributed by atoms with van der Waals surface area (Å²) in [6.07, 6.45) is -3.29. The number of amides is 4. The van der Waals surface area contributed by atoms with Crippen LogP contribution in [0.2, 0.25) is 10.0 Å². The molecule has 21 heteroatoms. The number of nitrogens with one attached hydrogen (secondary N) is 4. The van der Waals surface area contributed by atoms with Crippen LogP contribution in [0.1, 0.15) is 34.5 Å². The number of halogens is 2. The van der Waals surface area contributed by atoms with Crippen LogP contribution in [0.25, 0.3) is 0 Å². The highest BCUT2D eigenvalue weighted by Crippen LogP contribution is 2.38. The third-order valence-corrected chi connectivity index (χ3v) is 7.88. The van der Waals surface area contributed by atoms with Crippen LogP contribution in [0.4, 0.5) is 0 Å². The van der Waals surface area contributed by atoms with E-state index in [0.717, 1.165) is 0 Å². The molecule has 0 saturated carbocycles. The second kappa shape index (κ2) is 18.6. The minimum atomic E-state index is -1.51. The van der Waals surface area contributed by atoms with Gasteiger partial charge in [0.25, 0.3) is 5.91 Å². The lowest BCUT2D eigenvalue weighted by Gasteiger charge is -2.41. The second-order valence-corrected chi connectivity index (χ2v) is 11.5. The first-order chi connectivity index (χ1) is 23.2. The van der Waals surface area contributed by atoms with Gasteiger partial charge < -0.3 is 55.9 Å². The fraction of sp³-hybridized carbons (Fsp3) is 0.536. The van der Waals surface area contributed by atoms with Crippen molar-refractivity contribution in [3.05, 3.63) is 39.1 Å². The van der Waals surface area contributed by atoms with Crippen LogP contribution in [-0.2, 0) is 41.8 Å². The van der Waals surface area contributed by atoms with E-state index in [2.05, 4.69) is 31.6 Å². The van der Waals surface area contributed by atoms with Crippen molar-refractivity contribution in [2.75, 3.05) is 33.4 Å². The first kappa shape index (κ1) is 39.3. The number of ether oxygens (including phenoxy) is 3. The Labute approximate surface area is 289 Å². The molecule has 2 heterocycles. The van der Waals surface area contributed by atoms with E-state index in [-0.39, 0.29) is 40.9 Å². The topological polar surface area (TPSA) is 273 Å². The lowest BCUT2D eigenvalue weighted by molar-refractivity contribution is -0.261. The second-order valence-electron chi connectivity index (χ2n) is 10.7. The van der Waals surface area contributed by atoms with Crippen LogP contribution in [0.5, 0.6) is 5.75 Å². The number of methoxy groups -OCH3 is 1. The van der Waals surface area contributed by atoms with Crippen molar-refractivity contribution in [3.8, 4) is 5.75 Å². The molecule has 4 amide bonds. The van der Waals surface area contributed by atoms with Gasteiger partial charge in [-0.1, -0.05) is 28.4 Å². The van der Waals surface area contributed by atoms with Gasteiger partial charge in [-0.2, -0.15) is 0 Å². The third kappa shape index (κ3) is 11.2. The molecule has 0 aliphatic carbocycles. The SMILES string of the molecule is CO[C@H]1O[C@H](CO)[C@@H](O)[C@H](O)[C@H]1NC(=O)c1cc(Cl)c(OCc2cn(CCCC(=O)NCC(=O)NCC(=O)NCC(=O)O)nn2)c(Cl)c1C. The number of benzene rings is 1. The van der Waals surface area contributed by atoms with Crippen LogP contribution >= 0.6 is 23.2 Å². The Morgan fingerprint density at radius 3 is 2.31 bits per heavy atom. The first-order valence-corrected chi connectivity index (χ1v) is 15.5. The highest BCUT2D eigenvalue weighted by molar-refractivity contribution is 6.38. The van der Waals surface area contributed by atoms with E-state index in [1.807, 2.05) is 0 Å². The number of rotatable bonds is 17. The zero-order valence-electron chi connectivity index (χ0n) is 26.4. The van der Waals surface area contributed by atoms with E-state index in [0.29, 0.717) is 24.2 Å². The Kier molecular flexibility index (Phi) is 14.9. The van der Waals surface area contributed by atoms with E-state index < -0.39 is 79.9 Å². The summed E-state index contributed by atoms with van der Waals surface area (Å²) in [6, 6.07) is 0.134. The highest BCUT2D eigenvalue weighted by Gasteiger charge is 2.45. The van der Waals surface area contributed by atoms with Gasteiger partial charge in [0.05, 0.1) is 35.9 Å². The van der Waals surface area contributed by atoms with Gasteiger partial charge in [0, 0.05) is 25.6 Å². The molecular formula is C28H37Cl2N7O12. The predicted molar refractivity (Wildman–Crippen MR) is 167 cm³/mol. The Hall–Kier alpha value is -4.11. The summed E-state index contributed by atoms with van der Waals surface area (Å²) in [5.41, 5.74) is 0.754. The van der Waals surface area contributed by atoms with Crippen molar-refractivity contribution in [1.82, 2.24) is 36.3 Å². The quantitative estimate of drug-likeness (QED) is 0.0863. The van der Waals surface area contributed by atoms with Crippen molar-refractivity contribution >= 4 is 52.8 Å². The number of hydrogen-bond donors (Lipinski definition) is 8. The molecule has 1 aliphatic rings. The molecule has 270 valence electrons. The van der Waals surface area contributed by atoms with Crippen LogP contribution in [0, 0.1) is 6.92 Å². The Balaban J connectivity index is 1.47. The third-order valence-electron chi connectivity index (χ3n) is 7.15. The Bertz CT molecular complexity index is 1510. The predicted octanol–water partition coefficient (Wildman–Crippen LogP) is -2.13. The fourth-order valence-electron chi connectivity index (χ4n) is 4.54. The maximum Gasteiger partial charge on any atom is 0.322 e. The van der Waals surface area contributed by atoms with E-state index in [1.165, 1.54) is 17.9 Å². The molecule has 8 N–H and O–H groups in total. The van der Waals surface area contributed by atoms with Crippen LogP contribution in [0.3, 0.4) is 0 Å². The van der Waals surface area contributed by atoms with Gasteiger partial charge in [0.1, 0.15) is 43.2 Å².